The predicted octanol–water partition coefficient (Wildman–Crippen LogP) is 2.32. The van der Waals surface area contributed by atoms with Gasteiger partial charge in [0.15, 0.2) is 5.69 Å². The summed E-state index contributed by atoms with van der Waals surface area (Å²) in [6.45, 7) is -2.72. The first kappa shape index (κ1) is 6.93. The van der Waals surface area contributed by atoms with Crippen molar-refractivity contribution in [1.29, 1.82) is 0 Å². The van der Waals surface area contributed by atoms with Crippen molar-refractivity contribution in [3.05, 3.63) is 29.9 Å². The molecule has 0 radical (unpaired) electrons. The summed E-state index contributed by atoms with van der Waals surface area (Å²) in [6, 6.07) is -5.95. The van der Waals surface area contributed by atoms with Gasteiger partial charge in [0.2, 0.25) is 0 Å². The molecule has 2 aliphatic rings. The number of aromatic nitrogens is 2. The van der Waals surface area contributed by atoms with Gasteiger partial charge in [-0.15, -0.1) is 0 Å². The number of nitrogens with zero attached hydrogens (tertiary/aromatic N) is 3. The first-order valence-electron chi connectivity index (χ1n) is 13.0. The molecule has 122 valence electrons. The molecule has 1 aromatic carbocycles. The van der Waals surface area contributed by atoms with Gasteiger partial charge in [-0.1, -0.05) is 24.5 Å². The fourth-order valence-electron chi connectivity index (χ4n) is 3.17. The number of benzene rings is 1. The van der Waals surface area contributed by atoms with Crippen LogP contribution in [0.4, 0.5) is 0 Å². The largest absolute Gasteiger partial charge is 0.348 e. The molecule has 1 amide bonds. The van der Waals surface area contributed by atoms with E-state index in [2.05, 4.69) is 10.4 Å². The number of amides is 1. The topological polar surface area (TPSA) is 50.2 Å². The zero-order chi connectivity index (χ0) is 25.5. The average Bonchev–Trinajstić information content (AvgIpc) is 3.09. The summed E-state index contributed by atoms with van der Waals surface area (Å²) < 4.78 is 91.4. The molecule has 0 spiro atoms. The third-order valence-corrected chi connectivity index (χ3v) is 4.31. The number of fused-ring (bicyclic) bond motifs is 3. The second kappa shape index (κ2) is 5.64. The summed E-state index contributed by atoms with van der Waals surface area (Å²) in [5.41, 5.74) is -0.407. The Hall–Kier alpha value is -1.88. The van der Waals surface area contributed by atoms with Crippen LogP contribution in [0, 0.1) is 0 Å². The Morgan fingerprint density at radius 2 is 2.13 bits per heavy atom. The van der Waals surface area contributed by atoms with Gasteiger partial charge in [0.1, 0.15) is 0 Å². The number of nitrogens with one attached hydrogen (secondary N) is 1. The van der Waals surface area contributed by atoms with E-state index in [9.17, 15) is 4.79 Å². The smallest absolute Gasteiger partial charge is 0.272 e. The number of carbonyl (C=O) groups is 1. The van der Waals surface area contributed by atoms with E-state index < -0.39 is 67.9 Å². The Morgan fingerprint density at radius 3 is 2.87 bits per heavy atom. The Bertz CT molecular complexity index is 1150. The minimum absolute atomic E-state index is 0.0174. The Morgan fingerprint density at radius 1 is 1.39 bits per heavy atom. The van der Waals surface area contributed by atoms with E-state index in [1.54, 1.807) is 0 Å². The minimum Gasteiger partial charge on any atom is -0.348 e. The molecule has 2 fully saturated rings. The number of carbonyl (C=O) groups excluding carboxylic acids is 1. The molecule has 0 saturated carbocycles. The lowest BCUT2D eigenvalue weighted by molar-refractivity contribution is 0.0462. The molecule has 0 unspecified atom stereocenters. The molecular weight excluding hydrogens is 288 g/mol. The first-order chi connectivity index (χ1) is 15.5. The summed E-state index contributed by atoms with van der Waals surface area (Å²) in [5.74, 6) is -1.01. The van der Waals surface area contributed by atoms with Gasteiger partial charge in [0.05, 0.1) is 11.0 Å². The average molecular weight is 323 g/mol. The van der Waals surface area contributed by atoms with Crippen molar-refractivity contribution in [2.75, 3.05) is 6.98 Å². The highest BCUT2D eigenvalue weighted by Crippen LogP contribution is 2.32. The monoisotopic (exact) mass is 323 g/mol. The maximum Gasteiger partial charge on any atom is 0.272 e. The zero-order valence-electron chi connectivity index (χ0n) is 23.6. The van der Waals surface area contributed by atoms with Crippen molar-refractivity contribution in [3.63, 3.8) is 0 Å². The number of hydrogen-bond acceptors (Lipinski definition) is 3. The van der Waals surface area contributed by atoms with E-state index in [-0.39, 0.29) is 29.4 Å². The lowest BCUT2D eigenvalue weighted by Gasteiger charge is -2.47. The number of aryl methyl sites for hydroxylation is 1. The van der Waals surface area contributed by atoms with Crippen molar-refractivity contribution >= 4 is 16.8 Å². The van der Waals surface area contributed by atoms with E-state index in [0.717, 1.165) is 9.58 Å². The second-order valence-electron chi connectivity index (χ2n) is 5.81. The van der Waals surface area contributed by atoms with E-state index in [1.807, 2.05) is 0 Å². The van der Waals surface area contributed by atoms with Gasteiger partial charge in [0, 0.05) is 40.2 Å². The Labute approximate surface area is 152 Å². The van der Waals surface area contributed by atoms with Gasteiger partial charge in [-0.05, 0) is 38.6 Å². The van der Waals surface area contributed by atoms with E-state index in [4.69, 9.17) is 15.1 Å². The van der Waals surface area contributed by atoms with Gasteiger partial charge < -0.3 is 10.2 Å². The zero-order valence-corrected chi connectivity index (χ0v) is 12.6. The number of piperidine rings is 2. The van der Waals surface area contributed by atoms with Crippen LogP contribution >= 0.6 is 0 Å². The van der Waals surface area contributed by atoms with Crippen LogP contribution in [0.1, 0.15) is 57.6 Å². The standard InChI is InChI=1S/C18H24N4O/c1-21-13-6-5-7-14(21)11-12(10-13)19-18(23)17-15-8-3-4-9-16(15)22(2)20-17/h3-4,8-9,12-14H,5-7,10-11H2,1-2H3,(H,19,23)/t13-,14-/m1/s1/i1D3,3D,4D,8D,9D,10D2,11D2. The first-order valence-corrected chi connectivity index (χ1v) is 7.55. The molecule has 2 atom stereocenters. The molecule has 5 heteroatoms. The van der Waals surface area contributed by atoms with Crippen molar-refractivity contribution in [3.8, 4) is 0 Å². The normalized spacial score (nSPS) is 39.9. The number of rotatable bonds is 2. The van der Waals surface area contributed by atoms with Crippen molar-refractivity contribution in [1.82, 2.24) is 20.0 Å². The molecule has 4 rings (SSSR count). The van der Waals surface area contributed by atoms with Crippen LogP contribution < -0.4 is 5.32 Å². The summed E-state index contributed by atoms with van der Waals surface area (Å²) in [7, 11) is 1.40. The van der Waals surface area contributed by atoms with E-state index >= 15 is 0 Å². The van der Waals surface area contributed by atoms with Crippen molar-refractivity contribution < 1.29 is 19.9 Å². The highest BCUT2D eigenvalue weighted by atomic mass is 16.2. The van der Waals surface area contributed by atoms with E-state index in [0.29, 0.717) is 6.42 Å². The van der Waals surface area contributed by atoms with Gasteiger partial charge >= 0.3 is 0 Å². The molecular formula is C18H24N4O. The molecule has 1 N–H and O–H groups in total. The van der Waals surface area contributed by atoms with Crippen molar-refractivity contribution in [2.45, 2.75) is 50.1 Å². The SMILES string of the molecule is [2H]c1c([2H])c([2H])c2c(c(C(=O)NC3C([2H])([2H])[C@H]4CCC[C@@H](N4C([2H])([2H])[2H])C3([2H])[2H])nn2C)c1[2H]. The van der Waals surface area contributed by atoms with Crippen LogP contribution in [-0.4, -0.2) is 45.7 Å². The third kappa shape index (κ3) is 2.53. The molecule has 5 nitrogen and oxygen atoms in total. The summed E-state index contributed by atoms with van der Waals surface area (Å²) in [6.07, 6.45) is -4.08. The van der Waals surface area contributed by atoms with Gasteiger partial charge in [-0.3, -0.25) is 9.48 Å². The maximum absolute atomic E-state index is 13.3. The van der Waals surface area contributed by atoms with Crippen LogP contribution in [0.2, 0.25) is 0 Å². The van der Waals surface area contributed by atoms with Gasteiger partial charge in [-0.25, -0.2) is 0 Å². The van der Waals surface area contributed by atoms with E-state index in [1.165, 1.54) is 7.05 Å². The van der Waals surface area contributed by atoms with Crippen LogP contribution in [0.15, 0.2) is 24.2 Å². The third-order valence-electron chi connectivity index (χ3n) is 4.31. The molecule has 1 aromatic heterocycles. The summed E-state index contributed by atoms with van der Waals surface area (Å²) in [5, 5.41) is 6.25. The minimum atomic E-state index is -2.72. The van der Waals surface area contributed by atoms with Gasteiger partial charge in [0.25, 0.3) is 5.91 Å². The fourth-order valence-corrected chi connectivity index (χ4v) is 3.17. The molecule has 2 saturated heterocycles. The molecule has 2 aliphatic heterocycles. The Kier molecular flexibility index (Phi) is 1.70. The summed E-state index contributed by atoms with van der Waals surface area (Å²) in [4.78, 5) is 14.2. The molecule has 2 aromatic rings. The van der Waals surface area contributed by atoms with Crippen LogP contribution in [0.3, 0.4) is 0 Å². The quantitative estimate of drug-likeness (QED) is 0.923. The molecule has 3 heterocycles. The van der Waals surface area contributed by atoms with Crippen LogP contribution in [0.5, 0.6) is 0 Å². The summed E-state index contributed by atoms with van der Waals surface area (Å²) >= 11 is 0. The highest BCUT2D eigenvalue weighted by Gasteiger charge is 2.36. The number of hydrogen-bond donors (Lipinski definition) is 1. The predicted molar refractivity (Wildman–Crippen MR) is 90.4 cm³/mol. The Balaban J connectivity index is 1.79. The lowest BCUT2D eigenvalue weighted by atomic mass is 9.82. The van der Waals surface area contributed by atoms with Crippen molar-refractivity contribution in [2.24, 2.45) is 7.05 Å². The fraction of sp³-hybridized carbons (Fsp3) is 0.556. The molecule has 2 bridgehead atoms. The highest BCUT2D eigenvalue weighted by molar-refractivity contribution is 6.04. The molecule has 0 aliphatic carbocycles. The lowest BCUT2D eigenvalue weighted by Crippen LogP contribution is -2.55. The molecule has 23 heavy (non-hydrogen) atoms. The van der Waals surface area contributed by atoms with Crippen LogP contribution in [-0.2, 0) is 7.05 Å². The number of para-hydroxylation sites is 1. The van der Waals surface area contributed by atoms with Crippen LogP contribution in [0.25, 0.3) is 10.9 Å². The van der Waals surface area contributed by atoms with Gasteiger partial charge in [-0.2, -0.15) is 5.10 Å². The second-order valence-corrected chi connectivity index (χ2v) is 5.81. The maximum atomic E-state index is 13.3.